The van der Waals surface area contributed by atoms with Crippen LogP contribution in [0.25, 0.3) is 0 Å². The number of ether oxygens (including phenoxy) is 1. The van der Waals surface area contributed by atoms with Gasteiger partial charge in [0.25, 0.3) is 0 Å². The largest absolute Gasteiger partial charge is 0.496 e. The quantitative estimate of drug-likeness (QED) is 0.831. The number of rotatable bonds is 7. The molecule has 1 fully saturated rings. The summed E-state index contributed by atoms with van der Waals surface area (Å²) >= 11 is 0. The number of hydrogen-bond donors (Lipinski definition) is 1. The highest BCUT2D eigenvalue weighted by Gasteiger charge is 2.24. The van der Waals surface area contributed by atoms with Gasteiger partial charge in [-0.15, -0.1) is 0 Å². The Kier molecular flexibility index (Phi) is 6.03. The van der Waals surface area contributed by atoms with Gasteiger partial charge in [0, 0.05) is 37.8 Å². The SMILES string of the molecule is CCNCc1ccc(OC)c(CN2CCC(N(C)C)C2)c1. The molecule has 0 radical (unpaired) electrons. The minimum Gasteiger partial charge on any atom is -0.496 e. The van der Waals surface area contributed by atoms with Crippen LogP contribution >= 0.6 is 0 Å². The number of benzene rings is 1. The zero-order valence-electron chi connectivity index (χ0n) is 13.9. The van der Waals surface area contributed by atoms with E-state index in [1.807, 2.05) is 0 Å². The van der Waals surface area contributed by atoms with Crippen LogP contribution in [0.2, 0.25) is 0 Å². The van der Waals surface area contributed by atoms with E-state index < -0.39 is 0 Å². The summed E-state index contributed by atoms with van der Waals surface area (Å²) in [4.78, 5) is 4.86. The molecule has 0 saturated carbocycles. The first kappa shape index (κ1) is 16.3. The van der Waals surface area contributed by atoms with Crippen molar-refractivity contribution in [2.45, 2.75) is 32.5 Å². The zero-order chi connectivity index (χ0) is 15.2. The van der Waals surface area contributed by atoms with Crippen molar-refractivity contribution < 1.29 is 4.74 Å². The Morgan fingerprint density at radius 3 is 2.81 bits per heavy atom. The molecule has 0 spiro atoms. The second-order valence-electron chi connectivity index (χ2n) is 6.07. The molecule has 0 bridgehead atoms. The molecule has 0 aromatic heterocycles. The molecule has 1 saturated heterocycles. The fraction of sp³-hybridized carbons (Fsp3) is 0.647. The van der Waals surface area contributed by atoms with Crippen LogP contribution < -0.4 is 10.1 Å². The lowest BCUT2D eigenvalue weighted by molar-refractivity contribution is 0.262. The second kappa shape index (κ2) is 7.78. The summed E-state index contributed by atoms with van der Waals surface area (Å²) < 4.78 is 5.53. The number of nitrogens with zero attached hydrogens (tertiary/aromatic N) is 2. The molecule has 2 rings (SSSR count). The number of nitrogens with one attached hydrogen (secondary N) is 1. The van der Waals surface area contributed by atoms with Crippen LogP contribution in [0, 0.1) is 0 Å². The van der Waals surface area contributed by atoms with Crippen molar-refractivity contribution in [2.75, 3.05) is 40.8 Å². The van der Waals surface area contributed by atoms with E-state index in [2.05, 4.69) is 54.3 Å². The smallest absolute Gasteiger partial charge is 0.123 e. The van der Waals surface area contributed by atoms with Crippen molar-refractivity contribution in [1.29, 1.82) is 0 Å². The average Bonchev–Trinajstić information content (AvgIpc) is 2.94. The Morgan fingerprint density at radius 2 is 2.19 bits per heavy atom. The van der Waals surface area contributed by atoms with Gasteiger partial charge in [-0.2, -0.15) is 0 Å². The molecule has 21 heavy (non-hydrogen) atoms. The molecular weight excluding hydrogens is 262 g/mol. The van der Waals surface area contributed by atoms with Crippen molar-refractivity contribution in [2.24, 2.45) is 0 Å². The van der Waals surface area contributed by atoms with Crippen LogP contribution in [-0.2, 0) is 13.1 Å². The molecular formula is C17H29N3O. The van der Waals surface area contributed by atoms with Gasteiger partial charge in [-0.05, 0) is 44.8 Å². The van der Waals surface area contributed by atoms with E-state index in [0.717, 1.165) is 31.9 Å². The monoisotopic (exact) mass is 291 g/mol. The molecule has 1 unspecified atom stereocenters. The van der Waals surface area contributed by atoms with Crippen molar-refractivity contribution in [3.63, 3.8) is 0 Å². The van der Waals surface area contributed by atoms with Crippen LogP contribution in [0.5, 0.6) is 5.75 Å². The van der Waals surface area contributed by atoms with Gasteiger partial charge in [-0.3, -0.25) is 4.90 Å². The van der Waals surface area contributed by atoms with Gasteiger partial charge in [0.1, 0.15) is 5.75 Å². The van der Waals surface area contributed by atoms with E-state index in [4.69, 9.17) is 4.74 Å². The maximum Gasteiger partial charge on any atom is 0.123 e. The fourth-order valence-corrected chi connectivity index (χ4v) is 2.95. The average molecular weight is 291 g/mol. The molecule has 0 aliphatic carbocycles. The number of hydrogen-bond acceptors (Lipinski definition) is 4. The van der Waals surface area contributed by atoms with Gasteiger partial charge in [-0.25, -0.2) is 0 Å². The third kappa shape index (κ3) is 4.43. The molecule has 4 heteroatoms. The highest BCUT2D eigenvalue weighted by molar-refractivity contribution is 5.37. The highest BCUT2D eigenvalue weighted by atomic mass is 16.5. The summed E-state index contributed by atoms with van der Waals surface area (Å²) in [5.74, 6) is 1.00. The van der Waals surface area contributed by atoms with Gasteiger partial charge in [-0.1, -0.05) is 13.0 Å². The number of methoxy groups -OCH3 is 1. The van der Waals surface area contributed by atoms with Gasteiger partial charge in [0.2, 0.25) is 0 Å². The van der Waals surface area contributed by atoms with Gasteiger partial charge >= 0.3 is 0 Å². The Balaban J connectivity index is 2.03. The molecule has 118 valence electrons. The summed E-state index contributed by atoms with van der Waals surface area (Å²) in [5.41, 5.74) is 2.63. The van der Waals surface area contributed by atoms with E-state index >= 15 is 0 Å². The molecule has 1 atom stereocenters. The molecule has 1 aliphatic rings. The molecule has 1 heterocycles. The van der Waals surface area contributed by atoms with Crippen LogP contribution in [0.4, 0.5) is 0 Å². The Bertz CT molecular complexity index is 448. The maximum atomic E-state index is 5.53. The molecule has 4 nitrogen and oxygen atoms in total. The van der Waals surface area contributed by atoms with E-state index in [-0.39, 0.29) is 0 Å². The predicted octanol–water partition coefficient (Wildman–Crippen LogP) is 1.94. The minimum absolute atomic E-state index is 0.681. The molecule has 1 aromatic carbocycles. The lowest BCUT2D eigenvalue weighted by atomic mass is 10.1. The van der Waals surface area contributed by atoms with Crippen LogP contribution in [0.15, 0.2) is 18.2 Å². The maximum absolute atomic E-state index is 5.53. The van der Waals surface area contributed by atoms with Gasteiger partial charge in [0.05, 0.1) is 7.11 Å². The van der Waals surface area contributed by atoms with Crippen molar-refractivity contribution >= 4 is 0 Å². The predicted molar refractivity (Wildman–Crippen MR) is 87.7 cm³/mol. The Morgan fingerprint density at radius 1 is 1.38 bits per heavy atom. The lowest BCUT2D eigenvalue weighted by Crippen LogP contribution is -2.31. The molecule has 1 N–H and O–H groups in total. The number of likely N-dealkylation sites (tertiary alicyclic amines) is 1. The Labute approximate surface area is 129 Å². The van der Waals surface area contributed by atoms with E-state index in [0.29, 0.717) is 6.04 Å². The van der Waals surface area contributed by atoms with Crippen LogP contribution in [-0.4, -0.2) is 56.7 Å². The summed E-state index contributed by atoms with van der Waals surface area (Å²) in [6.45, 7) is 7.35. The van der Waals surface area contributed by atoms with Crippen LogP contribution in [0.3, 0.4) is 0 Å². The zero-order valence-corrected chi connectivity index (χ0v) is 13.9. The summed E-state index contributed by atoms with van der Waals surface area (Å²) in [5, 5.41) is 3.38. The molecule has 1 aromatic rings. The van der Waals surface area contributed by atoms with E-state index in [9.17, 15) is 0 Å². The summed E-state index contributed by atoms with van der Waals surface area (Å²) in [6.07, 6.45) is 1.26. The van der Waals surface area contributed by atoms with Crippen molar-refractivity contribution in [1.82, 2.24) is 15.1 Å². The van der Waals surface area contributed by atoms with E-state index in [1.54, 1.807) is 7.11 Å². The van der Waals surface area contributed by atoms with Crippen molar-refractivity contribution in [3.05, 3.63) is 29.3 Å². The fourth-order valence-electron chi connectivity index (χ4n) is 2.95. The van der Waals surface area contributed by atoms with Gasteiger partial charge < -0.3 is 15.0 Å². The van der Waals surface area contributed by atoms with E-state index in [1.165, 1.54) is 24.1 Å². The standard InChI is InChI=1S/C17H29N3O/c1-5-18-11-14-6-7-17(21-4)15(10-14)12-20-9-8-16(13-20)19(2)3/h6-7,10,16,18H,5,8-9,11-13H2,1-4H3. The lowest BCUT2D eigenvalue weighted by Gasteiger charge is -2.21. The summed E-state index contributed by atoms with van der Waals surface area (Å²) in [7, 11) is 6.10. The second-order valence-corrected chi connectivity index (χ2v) is 6.07. The molecule has 1 aliphatic heterocycles. The first-order valence-corrected chi connectivity index (χ1v) is 7.89. The number of likely N-dealkylation sites (N-methyl/N-ethyl adjacent to an activating group) is 1. The van der Waals surface area contributed by atoms with Gasteiger partial charge in [0.15, 0.2) is 0 Å². The first-order chi connectivity index (χ1) is 10.1. The van der Waals surface area contributed by atoms with Crippen molar-refractivity contribution in [3.8, 4) is 5.75 Å². The summed E-state index contributed by atoms with van der Waals surface area (Å²) in [6, 6.07) is 7.21. The normalized spacial score (nSPS) is 19.4. The molecule has 0 amide bonds. The topological polar surface area (TPSA) is 27.7 Å². The highest BCUT2D eigenvalue weighted by Crippen LogP contribution is 2.24. The Hall–Kier alpha value is -1.10. The third-order valence-corrected chi connectivity index (χ3v) is 4.30. The minimum atomic E-state index is 0.681. The van der Waals surface area contributed by atoms with Crippen LogP contribution in [0.1, 0.15) is 24.5 Å². The first-order valence-electron chi connectivity index (χ1n) is 7.89. The third-order valence-electron chi connectivity index (χ3n) is 4.30.